The molecule has 0 saturated carbocycles. The SMILES string of the molecule is NCCCNOC(=O)C(O)(c1ccccc1)c1ccccc1. The Morgan fingerprint density at radius 2 is 1.55 bits per heavy atom. The van der Waals surface area contributed by atoms with E-state index in [0.29, 0.717) is 30.6 Å². The number of hydrogen-bond donors (Lipinski definition) is 3. The molecule has 0 fully saturated rings. The van der Waals surface area contributed by atoms with Crippen LogP contribution in [0.25, 0.3) is 0 Å². The van der Waals surface area contributed by atoms with E-state index in [1.165, 1.54) is 0 Å². The molecule has 5 heteroatoms. The fourth-order valence-electron chi connectivity index (χ4n) is 2.13. The van der Waals surface area contributed by atoms with Gasteiger partial charge in [-0.1, -0.05) is 60.7 Å². The van der Waals surface area contributed by atoms with Crippen molar-refractivity contribution in [3.8, 4) is 0 Å². The van der Waals surface area contributed by atoms with Crippen molar-refractivity contribution >= 4 is 5.97 Å². The quantitative estimate of drug-likeness (QED) is 0.530. The maximum atomic E-state index is 12.5. The number of nitrogens with one attached hydrogen (secondary N) is 1. The van der Waals surface area contributed by atoms with Gasteiger partial charge in [-0.15, -0.1) is 0 Å². The lowest BCUT2D eigenvalue weighted by Gasteiger charge is -2.26. The molecule has 2 rings (SSSR count). The van der Waals surface area contributed by atoms with Crippen molar-refractivity contribution in [2.45, 2.75) is 12.0 Å². The Kier molecular flexibility index (Phi) is 5.66. The summed E-state index contributed by atoms with van der Waals surface area (Å²) in [6, 6.07) is 17.4. The van der Waals surface area contributed by atoms with Gasteiger partial charge < -0.3 is 15.7 Å². The van der Waals surface area contributed by atoms with E-state index >= 15 is 0 Å². The van der Waals surface area contributed by atoms with E-state index in [0.717, 1.165) is 0 Å². The largest absolute Gasteiger partial charge is 0.370 e. The van der Waals surface area contributed by atoms with Gasteiger partial charge in [0.05, 0.1) is 0 Å². The van der Waals surface area contributed by atoms with E-state index in [2.05, 4.69) is 5.48 Å². The summed E-state index contributed by atoms with van der Waals surface area (Å²) >= 11 is 0. The Bertz CT molecular complexity index is 548. The Morgan fingerprint density at radius 3 is 2.00 bits per heavy atom. The molecule has 0 aromatic heterocycles. The summed E-state index contributed by atoms with van der Waals surface area (Å²) in [6.45, 7) is 0.925. The van der Waals surface area contributed by atoms with Gasteiger partial charge in [0.15, 0.2) is 0 Å². The predicted octanol–water partition coefficient (Wildman–Crippen LogP) is 1.32. The van der Waals surface area contributed by atoms with Crippen LogP contribution in [0.5, 0.6) is 0 Å². The molecule has 0 atom stereocenters. The third-order valence-electron chi connectivity index (χ3n) is 3.33. The molecule has 0 bridgehead atoms. The molecule has 0 saturated heterocycles. The van der Waals surface area contributed by atoms with E-state index in [4.69, 9.17) is 10.6 Å². The Balaban J connectivity index is 2.28. The van der Waals surface area contributed by atoms with Crippen LogP contribution in [0, 0.1) is 0 Å². The molecule has 0 unspecified atom stereocenters. The highest BCUT2D eigenvalue weighted by molar-refractivity contribution is 5.85. The van der Waals surface area contributed by atoms with Crippen LogP contribution in [0.2, 0.25) is 0 Å². The van der Waals surface area contributed by atoms with Gasteiger partial charge in [0.1, 0.15) is 0 Å². The number of rotatable bonds is 7. The molecule has 116 valence electrons. The fourth-order valence-corrected chi connectivity index (χ4v) is 2.13. The zero-order chi connectivity index (χ0) is 15.8. The van der Waals surface area contributed by atoms with Crippen molar-refractivity contribution in [2.75, 3.05) is 13.1 Å². The lowest BCUT2D eigenvalue weighted by atomic mass is 9.86. The van der Waals surface area contributed by atoms with Crippen LogP contribution in [-0.4, -0.2) is 24.2 Å². The number of hydrogen-bond acceptors (Lipinski definition) is 5. The molecule has 22 heavy (non-hydrogen) atoms. The van der Waals surface area contributed by atoms with Crippen LogP contribution in [0.1, 0.15) is 17.5 Å². The topological polar surface area (TPSA) is 84.6 Å². The summed E-state index contributed by atoms with van der Waals surface area (Å²) in [7, 11) is 0. The molecule has 2 aromatic rings. The third-order valence-corrected chi connectivity index (χ3v) is 3.33. The third kappa shape index (κ3) is 3.51. The highest BCUT2D eigenvalue weighted by Gasteiger charge is 2.41. The number of carbonyl (C=O) groups is 1. The predicted molar refractivity (Wildman–Crippen MR) is 83.6 cm³/mol. The molecular formula is C17H20N2O3. The molecule has 0 aliphatic carbocycles. The van der Waals surface area contributed by atoms with Crippen molar-refractivity contribution in [1.82, 2.24) is 5.48 Å². The first-order chi connectivity index (χ1) is 10.7. The molecule has 0 radical (unpaired) electrons. The van der Waals surface area contributed by atoms with Crippen molar-refractivity contribution in [3.63, 3.8) is 0 Å². The molecule has 0 aliphatic heterocycles. The second kappa shape index (κ2) is 7.70. The summed E-state index contributed by atoms with van der Waals surface area (Å²) in [5, 5.41) is 11.0. The lowest BCUT2D eigenvalue weighted by Crippen LogP contribution is -2.41. The highest BCUT2D eigenvalue weighted by Crippen LogP contribution is 2.30. The monoisotopic (exact) mass is 300 g/mol. The molecule has 0 aliphatic rings. The molecule has 5 nitrogen and oxygen atoms in total. The molecule has 0 spiro atoms. The van der Waals surface area contributed by atoms with Crippen LogP contribution in [0.4, 0.5) is 0 Å². The van der Waals surface area contributed by atoms with Crippen LogP contribution in [-0.2, 0) is 15.2 Å². The van der Waals surface area contributed by atoms with E-state index < -0.39 is 11.6 Å². The van der Waals surface area contributed by atoms with Gasteiger partial charge in [0.2, 0.25) is 5.60 Å². The molecule has 0 amide bonds. The fraction of sp³-hybridized carbons (Fsp3) is 0.235. The summed E-state index contributed by atoms with van der Waals surface area (Å²) in [5.74, 6) is -0.776. The lowest BCUT2D eigenvalue weighted by molar-refractivity contribution is -0.170. The maximum absolute atomic E-state index is 12.5. The summed E-state index contributed by atoms with van der Waals surface area (Å²) in [6.07, 6.45) is 0.669. The van der Waals surface area contributed by atoms with Gasteiger partial charge in [-0.3, -0.25) is 0 Å². The molecule has 2 aromatic carbocycles. The van der Waals surface area contributed by atoms with Crippen LogP contribution in [0.3, 0.4) is 0 Å². The van der Waals surface area contributed by atoms with Crippen molar-refractivity contribution < 1.29 is 14.7 Å². The zero-order valence-corrected chi connectivity index (χ0v) is 12.2. The first kappa shape index (κ1) is 16.2. The normalized spacial score (nSPS) is 11.2. The summed E-state index contributed by atoms with van der Waals surface area (Å²) in [5.41, 5.74) is 6.96. The van der Waals surface area contributed by atoms with Gasteiger partial charge in [-0.2, -0.15) is 5.48 Å². The summed E-state index contributed by atoms with van der Waals surface area (Å²) in [4.78, 5) is 17.5. The van der Waals surface area contributed by atoms with E-state index in [-0.39, 0.29) is 0 Å². The number of aliphatic hydroxyl groups is 1. The first-order valence-electron chi connectivity index (χ1n) is 7.17. The molecule has 4 N–H and O–H groups in total. The maximum Gasteiger partial charge on any atom is 0.366 e. The van der Waals surface area contributed by atoms with E-state index in [9.17, 15) is 9.90 Å². The Labute approximate surface area is 129 Å². The van der Waals surface area contributed by atoms with E-state index in [1.54, 1.807) is 48.5 Å². The van der Waals surface area contributed by atoms with Crippen LogP contribution in [0.15, 0.2) is 60.7 Å². The van der Waals surface area contributed by atoms with Crippen LogP contribution < -0.4 is 11.2 Å². The second-order valence-corrected chi connectivity index (χ2v) is 4.87. The average molecular weight is 300 g/mol. The van der Waals surface area contributed by atoms with Gasteiger partial charge in [-0.25, -0.2) is 4.79 Å². The van der Waals surface area contributed by atoms with Gasteiger partial charge >= 0.3 is 5.97 Å². The van der Waals surface area contributed by atoms with Crippen molar-refractivity contribution in [2.24, 2.45) is 5.73 Å². The number of benzene rings is 2. The Hall–Kier alpha value is -2.21. The second-order valence-electron chi connectivity index (χ2n) is 4.87. The van der Waals surface area contributed by atoms with Gasteiger partial charge in [0, 0.05) is 6.54 Å². The molecule has 0 heterocycles. The number of carbonyl (C=O) groups excluding carboxylic acids is 1. The minimum atomic E-state index is -1.86. The smallest absolute Gasteiger partial charge is 0.366 e. The number of nitrogens with two attached hydrogens (primary N) is 1. The zero-order valence-electron chi connectivity index (χ0n) is 12.2. The number of hydroxylamine groups is 1. The highest BCUT2D eigenvalue weighted by atomic mass is 16.7. The van der Waals surface area contributed by atoms with Gasteiger partial charge in [0.25, 0.3) is 0 Å². The Morgan fingerprint density at radius 1 is 1.05 bits per heavy atom. The minimum Gasteiger partial charge on any atom is -0.370 e. The summed E-state index contributed by atoms with van der Waals surface area (Å²) < 4.78 is 0. The molecular weight excluding hydrogens is 280 g/mol. The van der Waals surface area contributed by atoms with Crippen molar-refractivity contribution in [3.05, 3.63) is 71.8 Å². The van der Waals surface area contributed by atoms with E-state index in [1.807, 2.05) is 12.1 Å². The van der Waals surface area contributed by atoms with Crippen molar-refractivity contribution in [1.29, 1.82) is 0 Å². The minimum absolute atomic E-state index is 0.432. The van der Waals surface area contributed by atoms with Crippen LogP contribution >= 0.6 is 0 Å². The first-order valence-corrected chi connectivity index (χ1v) is 7.17. The average Bonchev–Trinajstić information content (AvgIpc) is 2.59. The standard InChI is InChI=1S/C17H20N2O3/c18-12-7-13-19-22-16(20)17(21,14-8-3-1-4-9-14)15-10-5-2-6-11-15/h1-6,8-11,19,21H,7,12-13,18H2. The van der Waals surface area contributed by atoms with Gasteiger partial charge in [-0.05, 0) is 24.1 Å².